The summed E-state index contributed by atoms with van der Waals surface area (Å²) < 4.78 is 13.2. The Morgan fingerprint density at radius 1 is 1.30 bits per heavy atom. The van der Waals surface area contributed by atoms with E-state index in [-0.39, 0.29) is 5.82 Å². The lowest BCUT2D eigenvalue weighted by Crippen LogP contribution is -2.48. The average Bonchev–Trinajstić information content (AvgIpc) is 2.39. The zero-order valence-electron chi connectivity index (χ0n) is 12.9. The Bertz CT molecular complexity index is 411. The van der Waals surface area contributed by atoms with Crippen LogP contribution in [0.5, 0.6) is 0 Å². The van der Waals surface area contributed by atoms with Crippen molar-refractivity contribution >= 4 is 0 Å². The molecule has 0 heterocycles. The van der Waals surface area contributed by atoms with Gasteiger partial charge in [0.15, 0.2) is 0 Å². The van der Waals surface area contributed by atoms with Crippen LogP contribution < -0.4 is 5.32 Å². The Labute approximate surface area is 122 Å². The van der Waals surface area contributed by atoms with Crippen molar-refractivity contribution in [3.8, 4) is 0 Å². The van der Waals surface area contributed by atoms with E-state index >= 15 is 0 Å². The monoisotopic (exact) mass is 278 g/mol. The summed E-state index contributed by atoms with van der Waals surface area (Å²) in [6.45, 7) is 10.00. The van der Waals surface area contributed by atoms with Crippen molar-refractivity contribution in [3.05, 3.63) is 35.6 Å². The summed E-state index contributed by atoms with van der Waals surface area (Å²) in [4.78, 5) is 2.44. The molecule has 1 aromatic carbocycles. The normalized spacial score (nSPS) is 23.6. The predicted molar refractivity (Wildman–Crippen MR) is 82.5 cm³/mol. The molecule has 2 rings (SSSR count). The lowest BCUT2D eigenvalue weighted by molar-refractivity contribution is 0.221. The fourth-order valence-electron chi connectivity index (χ4n) is 3.11. The van der Waals surface area contributed by atoms with E-state index < -0.39 is 0 Å². The van der Waals surface area contributed by atoms with Gasteiger partial charge in [0.2, 0.25) is 0 Å². The van der Waals surface area contributed by atoms with Crippen LogP contribution in [0.25, 0.3) is 0 Å². The summed E-state index contributed by atoms with van der Waals surface area (Å²) in [5, 5.41) is 3.69. The first-order valence-electron chi connectivity index (χ1n) is 7.86. The van der Waals surface area contributed by atoms with Crippen molar-refractivity contribution in [1.29, 1.82) is 0 Å². The van der Waals surface area contributed by atoms with Gasteiger partial charge in [-0.15, -0.1) is 0 Å². The van der Waals surface area contributed by atoms with Crippen LogP contribution in [0.3, 0.4) is 0 Å². The summed E-state index contributed by atoms with van der Waals surface area (Å²) >= 11 is 0. The van der Waals surface area contributed by atoms with Gasteiger partial charge in [-0.3, -0.25) is 0 Å². The van der Waals surface area contributed by atoms with E-state index in [4.69, 9.17) is 0 Å². The molecule has 2 nitrogen and oxygen atoms in total. The van der Waals surface area contributed by atoms with Crippen molar-refractivity contribution < 1.29 is 4.39 Å². The molecule has 1 atom stereocenters. The Hall–Kier alpha value is -0.930. The number of hydrogen-bond donors (Lipinski definition) is 1. The molecule has 0 spiro atoms. The maximum atomic E-state index is 13.2. The van der Waals surface area contributed by atoms with Crippen molar-refractivity contribution in [2.24, 2.45) is 0 Å². The van der Waals surface area contributed by atoms with E-state index in [0.29, 0.717) is 18.0 Å². The van der Waals surface area contributed by atoms with Crippen molar-refractivity contribution in [2.45, 2.75) is 51.6 Å². The average molecular weight is 278 g/mol. The summed E-state index contributed by atoms with van der Waals surface area (Å²) in [6, 6.07) is 8.17. The second-order valence-corrected chi connectivity index (χ2v) is 5.97. The van der Waals surface area contributed by atoms with Crippen LogP contribution in [0.1, 0.15) is 45.1 Å². The van der Waals surface area contributed by atoms with Crippen LogP contribution in [-0.4, -0.2) is 36.6 Å². The molecule has 20 heavy (non-hydrogen) atoms. The fourth-order valence-corrected chi connectivity index (χ4v) is 3.11. The third-order valence-electron chi connectivity index (χ3n) is 4.40. The predicted octanol–water partition coefficient (Wildman–Crippen LogP) is 3.39. The van der Waals surface area contributed by atoms with Gasteiger partial charge < -0.3 is 10.2 Å². The number of hydrogen-bond acceptors (Lipinski definition) is 2. The van der Waals surface area contributed by atoms with E-state index in [9.17, 15) is 4.39 Å². The Balaban J connectivity index is 1.74. The molecule has 1 aliphatic carbocycles. The van der Waals surface area contributed by atoms with Crippen LogP contribution >= 0.6 is 0 Å². The molecular weight excluding hydrogens is 251 g/mol. The minimum absolute atomic E-state index is 0.117. The maximum absolute atomic E-state index is 13.2. The Morgan fingerprint density at radius 3 is 2.60 bits per heavy atom. The fraction of sp³-hybridized carbons (Fsp3) is 0.647. The SMILES string of the molecule is CCN(CC)CC(C)NC1CC(c2cccc(F)c2)C1. The molecule has 0 aliphatic heterocycles. The van der Waals surface area contributed by atoms with Crippen LogP contribution in [0.2, 0.25) is 0 Å². The molecule has 1 saturated carbocycles. The van der Waals surface area contributed by atoms with E-state index in [0.717, 1.165) is 38.0 Å². The van der Waals surface area contributed by atoms with Crippen LogP contribution in [-0.2, 0) is 0 Å². The van der Waals surface area contributed by atoms with Gasteiger partial charge in [0, 0.05) is 18.6 Å². The molecule has 0 saturated heterocycles. The second kappa shape index (κ2) is 7.19. The summed E-state index contributed by atoms with van der Waals surface area (Å²) in [6.07, 6.45) is 2.26. The molecule has 112 valence electrons. The topological polar surface area (TPSA) is 15.3 Å². The Morgan fingerprint density at radius 2 is 2.00 bits per heavy atom. The summed E-state index contributed by atoms with van der Waals surface area (Å²) in [5.41, 5.74) is 1.15. The highest BCUT2D eigenvalue weighted by Gasteiger charge is 2.31. The molecule has 0 amide bonds. The first-order chi connectivity index (χ1) is 9.62. The van der Waals surface area contributed by atoms with E-state index in [1.54, 1.807) is 6.07 Å². The van der Waals surface area contributed by atoms with Crippen LogP contribution in [0, 0.1) is 5.82 Å². The molecule has 0 radical (unpaired) electrons. The molecule has 3 heteroatoms. The molecule has 0 aromatic heterocycles. The van der Waals surface area contributed by atoms with Crippen LogP contribution in [0.15, 0.2) is 24.3 Å². The van der Waals surface area contributed by atoms with Gasteiger partial charge >= 0.3 is 0 Å². The van der Waals surface area contributed by atoms with Gasteiger partial charge in [-0.25, -0.2) is 4.39 Å². The number of benzene rings is 1. The lowest BCUT2D eigenvalue weighted by Gasteiger charge is -2.39. The van der Waals surface area contributed by atoms with Crippen molar-refractivity contribution in [2.75, 3.05) is 19.6 Å². The van der Waals surface area contributed by atoms with Crippen molar-refractivity contribution in [1.82, 2.24) is 10.2 Å². The molecule has 1 fully saturated rings. The molecular formula is C17H27FN2. The van der Waals surface area contributed by atoms with Gasteiger partial charge in [0.25, 0.3) is 0 Å². The second-order valence-electron chi connectivity index (χ2n) is 5.97. The number of nitrogens with zero attached hydrogens (tertiary/aromatic N) is 1. The highest BCUT2D eigenvalue weighted by molar-refractivity contribution is 5.23. The maximum Gasteiger partial charge on any atom is 0.123 e. The van der Waals surface area contributed by atoms with Crippen LogP contribution in [0.4, 0.5) is 4.39 Å². The first-order valence-corrected chi connectivity index (χ1v) is 7.86. The van der Waals surface area contributed by atoms with Gasteiger partial charge in [-0.05, 0) is 56.5 Å². The molecule has 1 N–H and O–H groups in total. The highest BCUT2D eigenvalue weighted by atomic mass is 19.1. The van der Waals surface area contributed by atoms with E-state index in [1.807, 2.05) is 12.1 Å². The van der Waals surface area contributed by atoms with E-state index in [1.165, 1.54) is 6.07 Å². The van der Waals surface area contributed by atoms with Gasteiger partial charge in [0.05, 0.1) is 0 Å². The number of nitrogens with one attached hydrogen (secondary N) is 1. The number of halogens is 1. The zero-order chi connectivity index (χ0) is 14.5. The lowest BCUT2D eigenvalue weighted by atomic mass is 9.75. The largest absolute Gasteiger partial charge is 0.310 e. The first kappa shape index (κ1) is 15.5. The third-order valence-corrected chi connectivity index (χ3v) is 4.40. The van der Waals surface area contributed by atoms with Gasteiger partial charge in [0.1, 0.15) is 5.82 Å². The molecule has 1 aromatic rings. The zero-order valence-corrected chi connectivity index (χ0v) is 12.9. The number of likely N-dealkylation sites (N-methyl/N-ethyl adjacent to an activating group) is 1. The van der Waals surface area contributed by atoms with Crippen molar-refractivity contribution in [3.63, 3.8) is 0 Å². The standard InChI is InChI=1S/C17H27FN2/c1-4-20(5-2)12-13(3)19-17-10-15(11-17)14-7-6-8-16(18)9-14/h6-9,13,15,17,19H,4-5,10-12H2,1-3H3. The molecule has 1 aliphatic rings. The minimum atomic E-state index is -0.117. The highest BCUT2D eigenvalue weighted by Crippen LogP contribution is 2.37. The molecule has 1 unspecified atom stereocenters. The van der Waals surface area contributed by atoms with E-state index in [2.05, 4.69) is 31.0 Å². The summed E-state index contributed by atoms with van der Waals surface area (Å²) in [7, 11) is 0. The number of rotatable bonds is 7. The smallest absolute Gasteiger partial charge is 0.123 e. The molecule has 0 bridgehead atoms. The quantitative estimate of drug-likeness (QED) is 0.822. The minimum Gasteiger partial charge on any atom is -0.310 e. The van der Waals surface area contributed by atoms with Gasteiger partial charge in [-0.2, -0.15) is 0 Å². The Kier molecular flexibility index (Phi) is 5.55. The van der Waals surface area contributed by atoms with Gasteiger partial charge in [-0.1, -0.05) is 26.0 Å². The third kappa shape index (κ3) is 4.03. The summed E-state index contributed by atoms with van der Waals surface area (Å²) in [5.74, 6) is 0.415.